The van der Waals surface area contributed by atoms with Gasteiger partial charge in [0.2, 0.25) is 0 Å². The van der Waals surface area contributed by atoms with Crippen molar-refractivity contribution in [2.24, 2.45) is 0 Å². The molecule has 2 fully saturated rings. The van der Waals surface area contributed by atoms with Crippen molar-refractivity contribution in [3.8, 4) is 12.3 Å². The van der Waals surface area contributed by atoms with E-state index in [9.17, 15) is 35.7 Å². The van der Waals surface area contributed by atoms with Crippen LogP contribution in [0.3, 0.4) is 0 Å². The van der Waals surface area contributed by atoms with Gasteiger partial charge in [0, 0.05) is 0 Å². The summed E-state index contributed by atoms with van der Waals surface area (Å²) >= 11 is 0. The summed E-state index contributed by atoms with van der Waals surface area (Å²) in [7, 11) is 0. The molecule has 11 heteroatoms. The summed E-state index contributed by atoms with van der Waals surface area (Å²) in [5.41, 5.74) is 0. The van der Waals surface area contributed by atoms with Gasteiger partial charge < -0.3 is 50.0 Å². The van der Waals surface area contributed by atoms with Gasteiger partial charge in [-0.2, -0.15) is 0 Å². The second-order valence-corrected chi connectivity index (χ2v) is 6.14. The van der Waals surface area contributed by atoms with Crippen LogP contribution < -0.4 is 5.32 Å². The number of terminal acetylenes is 1. The number of rotatable bonds is 6. The second kappa shape index (κ2) is 9.36. The number of aliphatic hydroxyl groups excluding tert-OH is 7. The maximum absolute atomic E-state index is 10.3. The van der Waals surface area contributed by atoms with E-state index in [0.29, 0.717) is 0 Å². The van der Waals surface area contributed by atoms with Crippen LogP contribution in [0.5, 0.6) is 0 Å². The molecule has 0 aromatic rings. The van der Waals surface area contributed by atoms with Gasteiger partial charge in [-0.1, -0.05) is 5.92 Å². The molecule has 2 saturated heterocycles. The zero-order valence-corrected chi connectivity index (χ0v) is 13.8. The van der Waals surface area contributed by atoms with Crippen molar-refractivity contribution < 1.29 is 50.0 Å². The van der Waals surface area contributed by atoms with Crippen LogP contribution >= 0.6 is 0 Å². The number of hydrogen-bond donors (Lipinski definition) is 8. The molecule has 2 aliphatic rings. The Morgan fingerprint density at radius 3 is 2.08 bits per heavy atom. The predicted octanol–water partition coefficient (Wildman–Crippen LogP) is -5.17. The standard InChI is InChI=1S/C15H25NO10/c1-2-3-16-14-11(22)10(21)13(7(5-18)24-14)26-15-12(23)9(20)8(19)6(4-17)25-15/h1,6-23H,3-5H2. The lowest BCUT2D eigenvalue weighted by molar-refractivity contribution is -0.343. The van der Waals surface area contributed by atoms with Crippen LogP contribution in [0.25, 0.3) is 0 Å². The molecule has 0 aliphatic carbocycles. The Labute approximate surface area is 149 Å². The summed E-state index contributed by atoms with van der Waals surface area (Å²) in [5.74, 6) is 2.28. The van der Waals surface area contributed by atoms with Crippen molar-refractivity contribution in [2.45, 2.75) is 61.3 Å². The number of aliphatic hydroxyl groups is 7. The first-order chi connectivity index (χ1) is 12.3. The maximum atomic E-state index is 10.3. The van der Waals surface area contributed by atoms with Crippen LogP contribution in [0.15, 0.2) is 0 Å². The average molecular weight is 379 g/mol. The first-order valence-corrected chi connectivity index (χ1v) is 8.11. The summed E-state index contributed by atoms with van der Waals surface area (Å²) in [4.78, 5) is 0. The third kappa shape index (κ3) is 4.33. The lowest BCUT2D eigenvalue weighted by Crippen LogP contribution is -2.66. The van der Waals surface area contributed by atoms with Crippen LogP contribution in [0.2, 0.25) is 0 Å². The minimum atomic E-state index is -1.70. The molecule has 0 aromatic heterocycles. The van der Waals surface area contributed by atoms with Gasteiger partial charge in [-0.3, -0.25) is 5.32 Å². The monoisotopic (exact) mass is 379 g/mol. The van der Waals surface area contributed by atoms with E-state index in [1.165, 1.54) is 0 Å². The zero-order valence-electron chi connectivity index (χ0n) is 13.8. The molecule has 0 radical (unpaired) electrons. The van der Waals surface area contributed by atoms with Crippen molar-refractivity contribution in [3.05, 3.63) is 0 Å². The van der Waals surface area contributed by atoms with Gasteiger partial charge in [-0.15, -0.1) is 6.42 Å². The Hall–Kier alpha value is -0.880. The fourth-order valence-corrected chi connectivity index (χ4v) is 2.92. The van der Waals surface area contributed by atoms with E-state index < -0.39 is 74.6 Å². The number of ether oxygens (including phenoxy) is 3. The number of hydrogen-bond acceptors (Lipinski definition) is 11. The topological polar surface area (TPSA) is 181 Å². The Morgan fingerprint density at radius 2 is 1.50 bits per heavy atom. The highest BCUT2D eigenvalue weighted by Crippen LogP contribution is 2.28. The minimum absolute atomic E-state index is 0.0465. The Morgan fingerprint density at radius 1 is 0.846 bits per heavy atom. The maximum Gasteiger partial charge on any atom is 0.187 e. The van der Waals surface area contributed by atoms with E-state index in [0.717, 1.165) is 0 Å². The first kappa shape index (κ1) is 21.4. The van der Waals surface area contributed by atoms with Crippen LogP contribution in [-0.2, 0) is 14.2 Å². The van der Waals surface area contributed by atoms with Gasteiger partial charge in [-0.05, 0) is 0 Å². The van der Waals surface area contributed by atoms with E-state index in [-0.39, 0.29) is 6.54 Å². The minimum Gasteiger partial charge on any atom is -0.394 e. The molecular formula is C15H25NO10. The van der Waals surface area contributed by atoms with Gasteiger partial charge >= 0.3 is 0 Å². The molecule has 11 nitrogen and oxygen atoms in total. The lowest BCUT2D eigenvalue weighted by atomic mass is 9.96. The van der Waals surface area contributed by atoms with E-state index in [1.807, 2.05) is 0 Å². The van der Waals surface area contributed by atoms with E-state index >= 15 is 0 Å². The molecule has 10 atom stereocenters. The highest BCUT2D eigenvalue weighted by atomic mass is 16.7. The van der Waals surface area contributed by atoms with E-state index in [4.69, 9.17) is 20.6 Å². The van der Waals surface area contributed by atoms with Crippen LogP contribution in [0, 0.1) is 12.3 Å². The highest BCUT2D eigenvalue weighted by Gasteiger charge is 2.50. The number of nitrogens with one attached hydrogen (secondary N) is 1. The smallest absolute Gasteiger partial charge is 0.187 e. The van der Waals surface area contributed by atoms with Crippen LogP contribution in [0.4, 0.5) is 0 Å². The second-order valence-electron chi connectivity index (χ2n) is 6.14. The molecule has 0 saturated carbocycles. The Kier molecular flexibility index (Phi) is 7.71. The van der Waals surface area contributed by atoms with Crippen LogP contribution in [0.1, 0.15) is 0 Å². The highest BCUT2D eigenvalue weighted by molar-refractivity contribution is 4.96. The quantitative estimate of drug-likeness (QED) is 0.207. The molecule has 150 valence electrons. The van der Waals surface area contributed by atoms with E-state index in [1.54, 1.807) is 0 Å². The Balaban J connectivity index is 2.10. The third-order valence-electron chi connectivity index (χ3n) is 4.41. The molecule has 2 rings (SSSR count). The zero-order chi connectivity index (χ0) is 19.4. The largest absolute Gasteiger partial charge is 0.394 e. The molecule has 26 heavy (non-hydrogen) atoms. The van der Waals surface area contributed by atoms with Crippen molar-refractivity contribution in [3.63, 3.8) is 0 Å². The Bertz CT molecular complexity index is 484. The summed E-state index contributed by atoms with van der Waals surface area (Å²) < 4.78 is 16.0. The fourth-order valence-electron chi connectivity index (χ4n) is 2.92. The molecular weight excluding hydrogens is 354 g/mol. The molecule has 2 aliphatic heterocycles. The summed E-state index contributed by atoms with van der Waals surface area (Å²) in [6, 6.07) is 0. The van der Waals surface area contributed by atoms with Crippen LogP contribution in [-0.4, -0.2) is 117 Å². The molecule has 10 unspecified atom stereocenters. The van der Waals surface area contributed by atoms with Crippen molar-refractivity contribution in [1.29, 1.82) is 0 Å². The molecule has 2 heterocycles. The summed E-state index contributed by atoms with van der Waals surface area (Å²) in [6.07, 6.45) is -9.12. The normalized spacial score (nSPS) is 46.7. The van der Waals surface area contributed by atoms with E-state index in [2.05, 4.69) is 11.2 Å². The van der Waals surface area contributed by atoms with Gasteiger partial charge in [0.15, 0.2) is 6.29 Å². The van der Waals surface area contributed by atoms with Crippen molar-refractivity contribution in [2.75, 3.05) is 19.8 Å². The van der Waals surface area contributed by atoms with Gasteiger partial charge in [-0.25, -0.2) is 0 Å². The molecule has 0 amide bonds. The summed E-state index contributed by atoms with van der Waals surface area (Å²) in [6.45, 7) is -1.20. The lowest BCUT2D eigenvalue weighted by Gasteiger charge is -2.46. The summed E-state index contributed by atoms with van der Waals surface area (Å²) in [5, 5.41) is 71.3. The average Bonchev–Trinajstić information content (AvgIpc) is 2.64. The van der Waals surface area contributed by atoms with Gasteiger partial charge in [0.1, 0.15) is 55.1 Å². The fraction of sp³-hybridized carbons (Fsp3) is 0.867. The molecule has 0 aromatic carbocycles. The first-order valence-electron chi connectivity index (χ1n) is 8.11. The third-order valence-corrected chi connectivity index (χ3v) is 4.41. The molecule has 0 bridgehead atoms. The van der Waals surface area contributed by atoms with Gasteiger partial charge in [0.05, 0.1) is 19.8 Å². The van der Waals surface area contributed by atoms with Crippen molar-refractivity contribution in [1.82, 2.24) is 5.32 Å². The SMILES string of the molecule is C#CCNC1OC(CO)C(OC2OC(CO)C(O)C(O)C2O)C(O)C1O. The van der Waals surface area contributed by atoms with Gasteiger partial charge in [0.25, 0.3) is 0 Å². The predicted molar refractivity (Wildman–Crippen MR) is 83.2 cm³/mol. The molecule has 0 spiro atoms. The van der Waals surface area contributed by atoms with Crippen molar-refractivity contribution >= 4 is 0 Å². The molecule has 8 N–H and O–H groups in total.